The van der Waals surface area contributed by atoms with Crippen molar-refractivity contribution >= 4 is 12.0 Å². The molecule has 1 N–H and O–H groups in total. The van der Waals surface area contributed by atoms with Crippen LogP contribution in [0, 0.1) is 0 Å². The van der Waals surface area contributed by atoms with Crippen molar-refractivity contribution in [1.29, 1.82) is 0 Å². The second kappa shape index (κ2) is 9.66. The molecule has 1 aromatic rings. The Bertz CT molecular complexity index is 322. The van der Waals surface area contributed by atoms with Crippen LogP contribution in [0.3, 0.4) is 0 Å². The molecule has 0 bridgehead atoms. The van der Waals surface area contributed by atoms with Crippen LogP contribution in [0.5, 0.6) is 0 Å². The first-order valence-corrected chi connectivity index (χ1v) is 6.89. The van der Waals surface area contributed by atoms with Crippen LogP contribution < -0.4 is 5.32 Å². The lowest BCUT2D eigenvalue weighted by atomic mass is 10.3. The standard InChI is InChI=1S/C15H25N3/c1-3-5-12-18(4-2)13-11-16-14-17-15-9-7-6-8-10-15/h6-10,14H,3-5,11-13H2,1-2H3,(H,16,17). The van der Waals surface area contributed by atoms with Crippen LogP contribution in [-0.4, -0.2) is 37.4 Å². The summed E-state index contributed by atoms with van der Waals surface area (Å²) in [6, 6.07) is 10.1. The molecule has 0 amide bonds. The fraction of sp³-hybridized carbons (Fsp3) is 0.533. The molecule has 0 aliphatic rings. The molecule has 0 spiro atoms. The van der Waals surface area contributed by atoms with Crippen LogP contribution in [0.15, 0.2) is 35.3 Å². The summed E-state index contributed by atoms with van der Waals surface area (Å²) in [5.74, 6) is 0. The van der Waals surface area contributed by atoms with Crippen molar-refractivity contribution in [2.45, 2.75) is 26.7 Å². The van der Waals surface area contributed by atoms with Crippen LogP contribution in [-0.2, 0) is 0 Å². The van der Waals surface area contributed by atoms with Gasteiger partial charge in [-0.1, -0.05) is 38.5 Å². The van der Waals surface area contributed by atoms with Gasteiger partial charge in [0.05, 0.1) is 12.9 Å². The predicted octanol–water partition coefficient (Wildman–Crippen LogP) is 3.25. The number of benzene rings is 1. The van der Waals surface area contributed by atoms with Gasteiger partial charge in [0, 0.05) is 12.2 Å². The Morgan fingerprint density at radius 1 is 1.17 bits per heavy atom. The molecule has 1 aromatic carbocycles. The molecule has 0 aliphatic carbocycles. The van der Waals surface area contributed by atoms with E-state index in [1.54, 1.807) is 6.34 Å². The maximum Gasteiger partial charge on any atom is 0.0868 e. The Balaban J connectivity index is 2.16. The Labute approximate surface area is 111 Å². The van der Waals surface area contributed by atoms with Crippen LogP contribution in [0.1, 0.15) is 26.7 Å². The summed E-state index contributed by atoms with van der Waals surface area (Å²) in [5.41, 5.74) is 1.08. The van der Waals surface area contributed by atoms with E-state index in [2.05, 4.69) is 29.1 Å². The minimum atomic E-state index is 0.859. The Morgan fingerprint density at radius 2 is 1.94 bits per heavy atom. The summed E-state index contributed by atoms with van der Waals surface area (Å²) in [5, 5.41) is 3.17. The van der Waals surface area contributed by atoms with Gasteiger partial charge in [-0.05, 0) is 31.6 Å². The highest BCUT2D eigenvalue weighted by Gasteiger charge is 1.99. The van der Waals surface area contributed by atoms with E-state index < -0.39 is 0 Å². The minimum absolute atomic E-state index is 0.859. The zero-order valence-corrected chi connectivity index (χ0v) is 11.6. The molecule has 3 nitrogen and oxygen atoms in total. The number of nitrogens with zero attached hydrogens (tertiary/aromatic N) is 2. The number of aliphatic imine (C=N–C) groups is 1. The summed E-state index contributed by atoms with van der Waals surface area (Å²) < 4.78 is 0. The third-order valence-electron chi connectivity index (χ3n) is 2.92. The first kappa shape index (κ1) is 14.7. The third kappa shape index (κ3) is 6.40. The predicted molar refractivity (Wildman–Crippen MR) is 80.4 cm³/mol. The van der Waals surface area contributed by atoms with Crippen molar-refractivity contribution in [2.75, 3.05) is 31.5 Å². The number of hydrogen-bond acceptors (Lipinski definition) is 2. The van der Waals surface area contributed by atoms with Gasteiger partial charge in [0.15, 0.2) is 0 Å². The lowest BCUT2D eigenvalue weighted by Gasteiger charge is -2.18. The van der Waals surface area contributed by atoms with Crippen molar-refractivity contribution in [2.24, 2.45) is 4.99 Å². The van der Waals surface area contributed by atoms with E-state index in [9.17, 15) is 0 Å². The SMILES string of the molecule is CCCCN(CC)CC/N=C/Nc1ccccc1. The number of anilines is 1. The van der Waals surface area contributed by atoms with Crippen LogP contribution in [0.2, 0.25) is 0 Å². The summed E-state index contributed by atoms with van der Waals surface area (Å²) in [4.78, 5) is 6.83. The number of nitrogens with one attached hydrogen (secondary N) is 1. The average Bonchev–Trinajstić information content (AvgIpc) is 2.43. The van der Waals surface area contributed by atoms with Gasteiger partial charge < -0.3 is 10.2 Å². The fourth-order valence-electron chi connectivity index (χ4n) is 1.73. The zero-order valence-electron chi connectivity index (χ0n) is 11.6. The highest BCUT2D eigenvalue weighted by atomic mass is 15.1. The number of unbranched alkanes of at least 4 members (excludes halogenated alkanes) is 1. The summed E-state index contributed by atoms with van der Waals surface area (Å²) >= 11 is 0. The molecule has 0 atom stereocenters. The van der Waals surface area contributed by atoms with E-state index in [1.807, 2.05) is 30.3 Å². The number of rotatable bonds is 9. The number of likely N-dealkylation sites (N-methyl/N-ethyl adjacent to an activating group) is 1. The first-order valence-electron chi connectivity index (χ1n) is 6.89. The summed E-state index contributed by atoms with van der Waals surface area (Å²) in [6.07, 6.45) is 4.33. The van der Waals surface area contributed by atoms with Gasteiger partial charge in [0.1, 0.15) is 0 Å². The van der Waals surface area contributed by atoms with Crippen LogP contribution in [0.4, 0.5) is 5.69 Å². The Morgan fingerprint density at radius 3 is 2.61 bits per heavy atom. The average molecular weight is 247 g/mol. The van der Waals surface area contributed by atoms with Crippen LogP contribution in [0.25, 0.3) is 0 Å². The van der Waals surface area contributed by atoms with E-state index in [0.717, 1.165) is 25.3 Å². The van der Waals surface area contributed by atoms with Gasteiger partial charge in [-0.15, -0.1) is 0 Å². The first-order chi connectivity index (χ1) is 8.86. The second-order valence-corrected chi connectivity index (χ2v) is 4.33. The van der Waals surface area contributed by atoms with Crippen molar-refractivity contribution in [3.05, 3.63) is 30.3 Å². The normalized spacial score (nSPS) is 11.3. The Kier molecular flexibility index (Phi) is 7.89. The molecule has 0 saturated carbocycles. The largest absolute Gasteiger partial charge is 0.347 e. The van der Waals surface area contributed by atoms with Gasteiger partial charge in [-0.2, -0.15) is 0 Å². The topological polar surface area (TPSA) is 27.6 Å². The molecule has 0 saturated heterocycles. The maximum absolute atomic E-state index is 4.38. The second-order valence-electron chi connectivity index (χ2n) is 4.33. The molecular formula is C15H25N3. The molecule has 0 fully saturated rings. The molecule has 0 unspecified atom stereocenters. The zero-order chi connectivity index (χ0) is 13.1. The van der Waals surface area contributed by atoms with E-state index in [1.165, 1.54) is 19.4 Å². The molecule has 0 radical (unpaired) electrons. The Hall–Kier alpha value is -1.35. The molecule has 100 valence electrons. The number of hydrogen-bond donors (Lipinski definition) is 1. The van der Waals surface area contributed by atoms with Crippen molar-refractivity contribution in [3.63, 3.8) is 0 Å². The molecular weight excluding hydrogens is 222 g/mol. The number of para-hydroxylation sites is 1. The molecule has 0 aliphatic heterocycles. The highest BCUT2D eigenvalue weighted by Crippen LogP contribution is 2.02. The van der Waals surface area contributed by atoms with Gasteiger partial charge in [0.25, 0.3) is 0 Å². The van der Waals surface area contributed by atoms with E-state index in [-0.39, 0.29) is 0 Å². The van der Waals surface area contributed by atoms with Gasteiger partial charge in [-0.25, -0.2) is 0 Å². The van der Waals surface area contributed by atoms with Crippen LogP contribution >= 0.6 is 0 Å². The van der Waals surface area contributed by atoms with Gasteiger partial charge in [0.2, 0.25) is 0 Å². The third-order valence-corrected chi connectivity index (χ3v) is 2.92. The van der Waals surface area contributed by atoms with Crippen molar-refractivity contribution in [3.8, 4) is 0 Å². The lowest BCUT2D eigenvalue weighted by Crippen LogP contribution is -2.27. The maximum atomic E-state index is 4.38. The van der Waals surface area contributed by atoms with Crippen molar-refractivity contribution in [1.82, 2.24) is 4.90 Å². The van der Waals surface area contributed by atoms with Gasteiger partial charge in [-0.3, -0.25) is 4.99 Å². The quantitative estimate of drug-likeness (QED) is 0.536. The van der Waals surface area contributed by atoms with Gasteiger partial charge >= 0.3 is 0 Å². The smallest absolute Gasteiger partial charge is 0.0868 e. The van der Waals surface area contributed by atoms with E-state index in [0.29, 0.717) is 0 Å². The highest BCUT2D eigenvalue weighted by molar-refractivity contribution is 5.75. The molecule has 1 rings (SSSR count). The lowest BCUT2D eigenvalue weighted by molar-refractivity contribution is 0.292. The molecule has 18 heavy (non-hydrogen) atoms. The monoisotopic (exact) mass is 247 g/mol. The van der Waals surface area contributed by atoms with E-state index in [4.69, 9.17) is 0 Å². The molecule has 0 heterocycles. The molecule has 3 heteroatoms. The summed E-state index contributed by atoms with van der Waals surface area (Å²) in [6.45, 7) is 8.65. The van der Waals surface area contributed by atoms with E-state index >= 15 is 0 Å². The fourth-order valence-corrected chi connectivity index (χ4v) is 1.73. The molecule has 0 aromatic heterocycles. The van der Waals surface area contributed by atoms with Crippen molar-refractivity contribution < 1.29 is 0 Å². The minimum Gasteiger partial charge on any atom is -0.347 e. The summed E-state index contributed by atoms with van der Waals surface area (Å²) in [7, 11) is 0.